The van der Waals surface area contributed by atoms with E-state index in [0.717, 1.165) is 30.3 Å². The molecule has 2 heterocycles. The van der Waals surface area contributed by atoms with Gasteiger partial charge in [0.1, 0.15) is 5.75 Å². The zero-order valence-electron chi connectivity index (χ0n) is 23.7. The fourth-order valence-corrected chi connectivity index (χ4v) is 5.77. The highest BCUT2D eigenvalue weighted by Crippen LogP contribution is 2.32. The third kappa shape index (κ3) is 7.68. The van der Waals surface area contributed by atoms with Gasteiger partial charge in [-0.2, -0.15) is 4.80 Å². The van der Waals surface area contributed by atoms with Crippen LogP contribution in [0.4, 0.5) is 18.9 Å². The van der Waals surface area contributed by atoms with Gasteiger partial charge in [-0.3, -0.25) is 4.79 Å². The number of nitrogens with one attached hydrogen (secondary N) is 1. The van der Waals surface area contributed by atoms with E-state index in [1.165, 1.54) is 52.9 Å². The van der Waals surface area contributed by atoms with Gasteiger partial charge in [0.2, 0.25) is 5.91 Å². The second-order valence-electron chi connectivity index (χ2n) is 10.4. The lowest BCUT2D eigenvalue weighted by atomic mass is 9.87. The average molecular weight is 591 g/mol. The van der Waals surface area contributed by atoms with Gasteiger partial charge in [-0.05, 0) is 72.6 Å². The lowest BCUT2D eigenvalue weighted by molar-refractivity contribution is -0.274. The Balaban J connectivity index is 0.000000201. The molecule has 0 spiro atoms. The summed E-state index contributed by atoms with van der Waals surface area (Å²) in [5.74, 6) is 8.00. The lowest BCUT2D eigenvalue weighted by Gasteiger charge is -2.26. The van der Waals surface area contributed by atoms with Crippen LogP contribution >= 0.6 is 11.8 Å². The lowest BCUT2D eigenvalue weighted by Crippen LogP contribution is -2.42. The molecule has 1 aliphatic heterocycles. The van der Waals surface area contributed by atoms with Crippen molar-refractivity contribution in [3.8, 4) is 11.4 Å². The van der Waals surface area contributed by atoms with Crippen LogP contribution in [0.25, 0.3) is 11.3 Å². The number of rotatable bonds is 7. The Hall–Kier alpha value is -3.38. The van der Waals surface area contributed by atoms with Gasteiger partial charge in [0.15, 0.2) is 11.3 Å². The number of halogens is 3. The van der Waals surface area contributed by atoms with Crippen LogP contribution in [0.3, 0.4) is 0 Å². The molecule has 0 radical (unpaired) electrons. The molecule has 2 aliphatic rings. The van der Waals surface area contributed by atoms with Crippen LogP contribution in [0.1, 0.15) is 63.8 Å². The number of aromatic nitrogens is 3. The molecule has 2 aromatic carbocycles. The number of benzene rings is 2. The molecule has 3 aromatic rings. The Morgan fingerprint density at radius 2 is 1.88 bits per heavy atom. The number of alkyl halides is 3. The molecule has 3 N–H and O–H groups in total. The van der Waals surface area contributed by atoms with Crippen molar-refractivity contribution in [2.24, 2.45) is 18.8 Å². The summed E-state index contributed by atoms with van der Waals surface area (Å²) in [5.41, 5.74) is 4.06. The molecule has 1 aliphatic carbocycles. The fraction of sp³-hybridized carbons (Fsp3) is 0.448. The number of allylic oxidation sites excluding steroid dienone is 2. The van der Waals surface area contributed by atoms with E-state index in [9.17, 15) is 18.0 Å². The number of hydrogen-bond donors (Lipinski definition) is 2. The van der Waals surface area contributed by atoms with E-state index in [1.807, 2.05) is 29.9 Å². The van der Waals surface area contributed by atoms with Crippen molar-refractivity contribution in [2.75, 3.05) is 11.1 Å². The maximum absolute atomic E-state index is 12.2. The highest BCUT2D eigenvalue weighted by molar-refractivity contribution is 8.01. The highest BCUT2D eigenvalue weighted by Gasteiger charge is 2.31. The number of anilines is 1. The van der Waals surface area contributed by atoms with Crippen LogP contribution in [0.2, 0.25) is 0 Å². The zero-order valence-corrected chi connectivity index (χ0v) is 24.5. The van der Waals surface area contributed by atoms with E-state index < -0.39 is 6.36 Å². The van der Waals surface area contributed by atoms with E-state index in [1.54, 1.807) is 16.9 Å². The minimum absolute atomic E-state index is 0.0328. The number of ether oxygens (including phenoxy) is 1. The smallest absolute Gasteiger partial charge is 0.406 e. The molecular formula is C29H37F3N6O2S. The SMILES string of the molecule is CC(C)c1ccccc1NC1SCC(=O)N1N.CCC1CC=C(c2nn(-c3ccc(OC(F)(F)F)cc3)n2C)CC1. The molecular weight excluding hydrogens is 553 g/mol. The predicted octanol–water partition coefficient (Wildman–Crippen LogP) is 6.66. The molecule has 1 amide bonds. The van der Waals surface area contributed by atoms with Gasteiger partial charge in [-0.25, -0.2) is 15.5 Å². The van der Waals surface area contributed by atoms with Crippen molar-refractivity contribution in [1.82, 2.24) is 19.6 Å². The molecule has 41 heavy (non-hydrogen) atoms. The van der Waals surface area contributed by atoms with Crippen molar-refractivity contribution in [1.29, 1.82) is 0 Å². The molecule has 222 valence electrons. The maximum Gasteiger partial charge on any atom is 0.573 e. The normalized spacial score (nSPS) is 19.2. The topological polar surface area (TPSA) is 90.3 Å². The van der Waals surface area contributed by atoms with Gasteiger partial charge in [0, 0.05) is 12.7 Å². The molecule has 2 unspecified atom stereocenters. The van der Waals surface area contributed by atoms with E-state index in [-0.39, 0.29) is 17.2 Å². The van der Waals surface area contributed by atoms with E-state index >= 15 is 0 Å². The number of carbonyl (C=O) groups excluding carboxylic acids is 1. The third-order valence-corrected chi connectivity index (χ3v) is 8.31. The number of hydrogen-bond acceptors (Lipinski definition) is 6. The second-order valence-corrected chi connectivity index (χ2v) is 11.5. The minimum Gasteiger partial charge on any atom is -0.406 e. The summed E-state index contributed by atoms with van der Waals surface area (Å²) in [6.07, 6.45) is 2.06. The van der Waals surface area contributed by atoms with Crippen LogP contribution in [0, 0.1) is 5.92 Å². The molecule has 2 atom stereocenters. The predicted molar refractivity (Wildman–Crippen MR) is 156 cm³/mol. The first-order valence-corrected chi connectivity index (χ1v) is 14.7. The van der Waals surface area contributed by atoms with Crippen LogP contribution < -0.4 is 15.9 Å². The van der Waals surface area contributed by atoms with Gasteiger partial charge in [-0.1, -0.05) is 51.5 Å². The monoisotopic (exact) mass is 590 g/mol. The number of amides is 1. The van der Waals surface area contributed by atoms with Crippen molar-refractivity contribution < 1.29 is 22.7 Å². The second kappa shape index (κ2) is 13.1. The average Bonchev–Trinajstić information content (AvgIpc) is 3.25. The first kappa shape index (κ1) is 30.6. The standard InChI is InChI=1S/C17H20F3N3O.C12H17N3OS/c1-3-12-4-6-13(7-5-12)16-21-23(22(16)2)14-8-10-15(11-9-14)24-17(18,19)20;1-8(2)9-5-3-4-6-10(9)14-12-15(13)11(16)7-17-12/h6,8-12H,3-5,7H2,1-2H3;3-6,8,12,14H,7,13H2,1-2H3. The van der Waals surface area contributed by atoms with Gasteiger partial charge >= 0.3 is 6.36 Å². The molecule has 5 rings (SSSR count). The molecule has 1 fully saturated rings. The van der Waals surface area contributed by atoms with Crippen molar-refractivity contribution >= 4 is 28.9 Å². The number of carbonyl (C=O) groups is 1. The summed E-state index contributed by atoms with van der Waals surface area (Å²) in [6, 6.07) is 13.8. The number of nitrogens with two attached hydrogens (primary N) is 1. The van der Waals surface area contributed by atoms with Crippen molar-refractivity contribution in [3.63, 3.8) is 0 Å². The van der Waals surface area contributed by atoms with Crippen molar-refractivity contribution in [2.45, 2.75) is 64.2 Å². The number of para-hydroxylation sites is 1. The summed E-state index contributed by atoms with van der Waals surface area (Å²) in [5, 5.41) is 9.08. The van der Waals surface area contributed by atoms with Crippen LogP contribution in [-0.4, -0.2) is 43.1 Å². The molecule has 1 saturated heterocycles. The molecule has 8 nitrogen and oxygen atoms in total. The van der Waals surface area contributed by atoms with Gasteiger partial charge < -0.3 is 10.1 Å². The van der Waals surface area contributed by atoms with E-state index in [4.69, 9.17) is 5.84 Å². The molecule has 0 bridgehead atoms. The summed E-state index contributed by atoms with van der Waals surface area (Å²) in [4.78, 5) is 13.0. The minimum atomic E-state index is -4.68. The zero-order chi connectivity index (χ0) is 29.7. The fourth-order valence-electron chi connectivity index (χ4n) is 4.83. The number of thioether (sulfide) groups is 1. The molecule has 12 heteroatoms. The molecule has 0 saturated carbocycles. The Kier molecular flexibility index (Phi) is 9.75. The highest BCUT2D eigenvalue weighted by atomic mass is 32.2. The van der Waals surface area contributed by atoms with Crippen molar-refractivity contribution in [3.05, 3.63) is 66.0 Å². The summed E-state index contributed by atoms with van der Waals surface area (Å²) in [6.45, 7) is 6.51. The van der Waals surface area contributed by atoms with Gasteiger partial charge in [-0.15, -0.1) is 30.0 Å². The van der Waals surface area contributed by atoms with Gasteiger partial charge in [0.25, 0.3) is 0 Å². The van der Waals surface area contributed by atoms with Gasteiger partial charge in [0.05, 0.1) is 11.4 Å². The summed E-state index contributed by atoms with van der Waals surface area (Å²) >= 11 is 1.51. The third-order valence-electron chi connectivity index (χ3n) is 7.23. The Morgan fingerprint density at radius 3 is 2.41 bits per heavy atom. The Morgan fingerprint density at radius 1 is 1.17 bits per heavy atom. The van der Waals surface area contributed by atoms with Crippen LogP contribution in [-0.2, 0) is 11.8 Å². The Bertz CT molecular complexity index is 1350. The summed E-state index contributed by atoms with van der Waals surface area (Å²) < 4.78 is 42.3. The van der Waals surface area contributed by atoms with Crippen LogP contribution in [0.15, 0.2) is 54.6 Å². The maximum atomic E-state index is 12.2. The number of hydrazine groups is 1. The van der Waals surface area contributed by atoms with Crippen LogP contribution in [0.5, 0.6) is 5.75 Å². The first-order valence-electron chi connectivity index (χ1n) is 13.7. The van der Waals surface area contributed by atoms with E-state index in [2.05, 4.69) is 48.1 Å². The molecule has 1 aromatic heterocycles. The quantitative estimate of drug-likeness (QED) is 0.236. The Labute approximate surface area is 242 Å². The number of nitrogens with zero attached hydrogens (tertiary/aromatic N) is 4. The largest absolute Gasteiger partial charge is 0.573 e. The summed E-state index contributed by atoms with van der Waals surface area (Å²) in [7, 11) is 1.90. The van der Waals surface area contributed by atoms with E-state index in [0.29, 0.717) is 17.4 Å². The first-order chi connectivity index (χ1) is 19.5.